The van der Waals surface area contributed by atoms with Gasteiger partial charge in [-0.2, -0.15) is 5.10 Å². The van der Waals surface area contributed by atoms with Crippen molar-refractivity contribution in [1.29, 1.82) is 0 Å². The molecule has 0 unspecified atom stereocenters. The lowest BCUT2D eigenvalue weighted by molar-refractivity contribution is 0.0999. The summed E-state index contributed by atoms with van der Waals surface area (Å²) in [6, 6.07) is 9.45. The maximum absolute atomic E-state index is 11.9. The summed E-state index contributed by atoms with van der Waals surface area (Å²) in [5.41, 5.74) is 8.52. The highest BCUT2D eigenvalue weighted by Gasteiger charge is 2.39. The summed E-state index contributed by atoms with van der Waals surface area (Å²) < 4.78 is 0. The fraction of sp³-hybridized carbons (Fsp3) is 0.364. The van der Waals surface area contributed by atoms with Crippen molar-refractivity contribution < 1.29 is 4.79 Å². The van der Waals surface area contributed by atoms with Crippen molar-refractivity contribution in [1.82, 2.24) is 25.1 Å². The van der Waals surface area contributed by atoms with Gasteiger partial charge in [0.1, 0.15) is 0 Å². The Bertz CT molecular complexity index is 1030. The van der Waals surface area contributed by atoms with Gasteiger partial charge in [-0.25, -0.2) is 4.98 Å². The number of carbonyl (C=O) groups is 1. The second-order valence-electron chi connectivity index (χ2n) is 7.80. The molecular formula is C22H28ClN7O. The predicted octanol–water partition coefficient (Wildman–Crippen LogP) is 2.98. The minimum Gasteiger partial charge on any atom is -0.372 e. The molecule has 3 heterocycles. The van der Waals surface area contributed by atoms with Gasteiger partial charge in [0.15, 0.2) is 11.6 Å². The molecule has 164 valence electrons. The van der Waals surface area contributed by atoms with Crippen LogP contribution >= 0.6 is 12.4 Å². The highest BCUT2D eigenvalue weighted by molar-refractivity contribution is 5.96. The van der Waals surface area contributed by atoms with Crippen LogP contribution in [0.2, 0.25) is 0 Å². The molecule has 2 aromatic heterocycles. The summed E-state index contributed by atoms with van der Waals surface area (Å²) in [4.78, 5) is 23.1. The molecule has 4 N–H and O–H groups in total. The number of H-pyrrole nitrogens is 1. The summed E-state index contributed by atoms with van der Waals surface area (Å²) >= 11 is 0. The van der Waals surface area contributed by atoms with Gasteiger partial charge in [-0.1, -0.05) is 13.0 Å². The number of benzene rings is 1. The predicted molar refractivity (Wildman–Crippen MR) is 123 cm³/mol. The Morgan fingerprint density at radius 1 is 1.23 bits per heavy atom. The first kappa shape index (κ1) is 22.7. The normalized spacial score (nSPS) is 15.8. The highest BCUT2D eigenvalue weighted by Crippen LogP contribution is 2.36. The van der Waals surface area contributed by atoms with Gasteiger partial charge in [-0.3, -0.25) is 14.9 Å². The number of aromatic nitrogens is 4. The monoisotopic (exact) mass is 441 g/mol. The van der Waals surface area contributed by atoms with Crippen molar-refractivity contribution in [2.24, 2.45) is 5.73 Å². The van der Waals surface area contributed by atoms with Crippen LogP contribution in [0.15, 0.2) is 42.7 Å². The molecule has 31 heavy (non-hydrogen) atoms. The number of pyridine rings is 1. The maximum atomic E-state index is 11.9. The number of carbonyl (C=O) groups excluding carboxylic acids is 1. The van der Waals surface area contributed by atoms with Crippen molar-refractivity contribution in [3.63, 3.8) is 0 Å². The van der Waals surface area contributed by atoms with Crippen molar-refractivity contribution in [2.75, 3.05) is 25.5 Å². The van der Waals surface area contributed by atoms with Crippen LogP contribution in [0.5, 0.6) is 0 Å². The molecule has 8 nitrogen and oxygen atoms in total. The van der Waals surface area contributed by atoms with E-state index in [1.807, 2.05) is 31.2 Å². The Kier molecular flexibility index (Phi) is 6.92. The third-order valence-electron chi connectivity index (χ3n) is 5.89. The Balaban J connectivity index is 0.00000272. The summed E-state index contributed by atoms with van der Waals surface area (Å²) in [6.07, 6.45) is 5.89. The maximum Gasteiger partial charge on any atom is 0.249 e. The molecule has 1 aromatic carbocycles. The van der Waals surface area contributed by atoms with E-state index in [4.69, 9.17) is 10.7 Å². The van der Waals surface area contributed by atoms with E-state index < -0.39 is 11.4 Å². The lowest BCUT2D eigenvalue weighted by Crippen LogP contribution is -2.47. The number of nitrogens with one attached hydrogen (secondary N) is 2. The Morgan fingerprint density at radius 3 is 2.58 bits per heavy atom. The van der Waals surface area contributed by atoms with Gasteiger partial charge >= 0.3 is 0 Å². The molecule has 1 aliphatic rings. The van der Waals surface area contributed by atoms with E-state index in [9.17, 15) is 4.79 Å². The van der Waals surface area contributed by atoms with Crippen LogP contribution in [0.4, 0.5) is 5.69 Å². The zero-order valence-corrected chi connectivity index (χ0v) is 18.6. The second-order valence-corrected chi connectivity index (χ2v) is 7.80. The quantitative estimate of drug-likeness (QED) is 0.542. The Hall–Kier alpha value is -2.97. The first-order valence-corrected chi connectivity index (χ1v) is 10.2. The lowest BCUT2D eigenvalue weighted by atomic mass is 9.85. The average molecular weight is 442 g/mol. The van der Waals surface area contributed by atoms with Gasteiger partial charge < -0.3 is 16.0 Å². The van der Waals surface area contributed by atoms with Crippen molar-refractivity contribution in [3.8, 4) is 11.4 Å². The molecule has 0 bridgehead atoms. The number of likely N-dealkylation sites (tertiary alicyclic amines) is 1. The molecule has 1 saturated heterocycles. The minimum atomic E-state index is -0.412. The summed E-state index contributed by atoms with van der Waals surface area (Å²) in [5.74, 6) is 1.04. The number of nitrogens with zero attached hydrogens (tertiary/aromatic N) is 4. The Morgan fingerprint density at radius 2 is 1.94 bits per heavy atom. The van der Waals surface area contributed by atoms with Crippen LogP contribution < -0.4 is 11.1 Å². The van der Waals surface area contributed by atoms with E-state index in [-0.39, 0.29) is 12.4 Å². The second kappa shape index (κ2) is 9.45. The van der Waals surface area contributed by atoms with E-state index in [0.29, 0.717) is 17.8 Å². The number of amides is 1. The summed E-state index contributed by atoms with van der Waals surface area (Å²) in [5, 5.41) is 11.4. The van der Waals surface area contributed by atoms with Crippen LogP contribution in [-0.4, -0.2) is 51.1 Å². The largest absolute Gasteiger partial charge is 0.372 e. The summed E-state index contributed by atoms with van der Waals surface area (Å²) in [6.45, 7) is 3.88. The first-order chi connectivity index (χ1) is 14.5. The highest BCUT2D eigenvalue weighted by atomic mass is 35.5. The van der Waals surface area contributed by atoms with E-state index >= 15 is 0 Å². The number of hydrogen-bond donors (Lipinski definition) is 3. The Labute approximate surface area is 188 Å². The topological polar surface area (TPSA) is 113 Å². The number of aromatic amines is 1. The zero-order chi connectivity index (χ0) is 21.1. The number of nitrogens with two attached hydrogens (primary N) is 1. The fourth-order valence-electron chi connectivity index (χ4n) is 4.10. The van der Waals surface area contributed by atoms with Crippen molar-refractivity contribution in [3.05, 3.63) is 59.7 Å². The fourth-order valence-corrected chi connectivity index (χ4v) is 4.10. The van der Waals surface area contributed by atoms with Gasteiger partial charge in [0, 0.05) is 42.3 Å². The number of anilines is 1. The SMILES string of the molecule is CCc1c(NC2(c3nc(-c4ccncc4)n[nH]3)CCN(C)CC2)cccc1C(N)=O.Cl. The molecule has 1 fully saturated rings. The van der Waals surface area contributed by atoms with Crippen LogP contribution in [0, 0.1) is 0 Å². The number of halogens is 1. The van der Waals surface area contributed by atoms with Crippen LogP contribution in [0.3, 0.4) is 0 Å². The molecule has 3 aromatic rings. The van der Waals surface area contributed by atoms with Crippen LogP contribution in [0.1, 0.15) is 41.5 Å². The number of hydrogen-bond acceptors (Lipinski definition) is 6. The molecular weight excluding hydrogens is 414 g/mol. The molecule has 0 atom stereocenters. The average Bonchev–Trinajstić information content (AvgIpc) is 3.27. The molecule has 4 rings (SSSR count). The van der Waals surface area contributed by atoms with Crippen molar-refractivity contribution in [2.45, 2.75) is 31.7 Å². The minimum absolute atomic E-state index is 0. The first-order valence-electron chi connectivity index (χ1n) is 10.2. The van der Waals surface area contributed by atoms with E-state index in [0.717, 1.165) is 48.6 Å². The third-order valence-corrected chi connectivity index (χ3v) is 5.89. The molecule has 0 saturated carbocycles. The van der Waals surface area contributed by atoms with Crippen LogP contribution in [-0.2, 0) is 12.0 Å². The summed E-state index contributed by atoms with van der Waals surface area (Å²) in [7, 11) is 2.12. The molecule has 0 radical (unpaired) electrons. The van der Waals surface area contributed by atoms with Gasteiger partial charge in [0.05, 0.1) is 5.54 Å². The molecule has 1 amide bonds. The zero-order valence-electron chi connectivity index (χ0n) is 17.8. The third kappa shape index (κ3) is 4.55. The number of rotatable bonds is 6. The van der Waals surface area contributed by atoms with Crippen molar-refractivity contribution >= 4 is 24.0 Å². The van der Waals surface area contributed by atoms with E-state index in [1.165, 1.54) is 0 Å². The van der Waals surface area contributed by atoms with Gasteiger partial charge in [0.2, 0.25) is 5.91 Å². The smallest absolute Gasteiger partial charge is 0.249 e. The van der Waals surface area contributed by atoms with Gasteiger partial charge in [-0.05, 0) is 56.1 Å². The number of primary amides is 1. The van der Waals surface area contributed by atoms with E-state index in [2.05, 4.69) is 32.4 Å². The molecule has 0 aliphatic carbocycles. The number of piperidine rings is 1. The van der Waals surface area contributed by atoms with Gasteiger partial charge in [0.25, 0.3) is 0 Å². The van der Waals surface area contributed by atoms with E-state index in [1.54, 1.807) is 18.5 Å². The lowest BCUT2D eigenvalue weighted by Gasteiger charge is -2.41. The molecule has 0 spiro atoms. The van der Waals surface area contributed by atoms with Gasteiger partial charge in [-0.15, -0.1) is 12.4 Å². The molecule has 9 heteroatoms. The van der Waals surface area contributed by atoms with Crippen LogP contribution in [0.25, 0.3) is 11.4 Å². The molecule has 1 aliphatic heterocycles. The standard InChI is InChI=1S/C22H27N7O.ClH/c1-3-16-17(19(23)30)5-4-6-18(16)26-22(9-13-29(2)14-10-22)21-25-20(27-28-21)15-7-11-24-12-8-15;/h4-8,11-12,26H,3,9-10,13-14H2,1-2H3,(H2,23,30)(H,25,27,28);1H.